The van der Waals surface area contributed by atoms with Crippen molar-refractivity contribution in [2.75, 3.05) is 13.7 Å². The number of ether oxygens (including phenoxy) is 1. The topological polar surface area (TPSA) is 100 Å². The Hall–Kier alpha value is -3.06. The molecule has 0 fully saturated rings. The highest BCUT2D eigenvalue weighted by molar-refractivity contribution is 6.33. The number of amides is 2. The maximum absolute atomic E-state index is 11.9. The van der Waals surface area contributed by atoms with Gasteiger partial charge in [0.05, 0.1) is 30.5 Å². The first-order valence-corrected chi connectivity index (χ1v) is 7.60. The summed E-state index contributed by atoms with van der Waals surface area (Å²) >= 11 is 5.91. The van der Waals surface area contributed by atoms with E-state index in [-0.39, 0.29) is 17.9 Å². The van der Waals surface area contributed by atoms with Crippen molar-refractivity contribution < 1.29 is 19.4 Å². The van der Waals surface area contributed by atoms with Gasteiger partial charge < -0.3 is 15.2 Å². The summed E-state index contributed by atoms with van der Waals surface area (Å²) < 4.78 is 4.97. The van der Waals surface area contributed by atoms with Crippen molar-refractivity contribution >= 4 is 29.6 Å². The highest BCUT2D eigenvalue weighted by atomic mass is 35.5. The van der Waals surface area contributed by atoms with Gasteiger partial charge in [-0.3, -0.25) is 9.59 Å². The quantitative estimate of drug-likeness (QED) is 0.540. The number of halogens is 1. The summed E-state index contributed by atoms with van der Waals surface area (Å²) in [5.74, 6) is -0.649. The second-order valence-corrected chi connectivity index (χ2v) is 5.29. The van der Waals surface area contributed by atoms with Gasteiger partial charge in [0, 0.05) is 0 Å². The molecule has 7 nitrogen and oxygen atoms in total. The Morgan fingerprint density at radius 1 is 1.28 bits per heavy atom. The zero-order valence-corrected chi connectivity index (χ0v) is 14.1. The minimum absolute atomic E-state index is 0.00553. The van der Waals surface area contributed by atoms with E-state index in [2.05, 4.69) is 15.8 Å². The monoisotopic (exact) mass is 361 g/mol. The molecule has 2 aromatic carbocycles. The predicted molar refractivity (Wildman–Crippen MR) is 94.2 cm³/mol. The summed E-state index contributed by atoms with van der Waals surface area (Å²) in [7, 11) is 1.43. The average molecular weight is 362 g/mol. The van der Waals surface area contributed by atoms with Crippen molar-refractivity contribution in [2.24, 2.45) is 5.10 Å². The zero-order valence-electron chi connectivity index (χ0n) is 13.3. The smallest absolute Gasteiger partial charge is 0.259 e. The maximum atomic E-state index is 11.9. The highest BCUT2D eigenvalue weighted by Gasteiger charge is 2.10. The van der Waals surface area contributed by atoms with Crippen molar-refractivity contribution in [2.45, 2.75) is 0 Å². The van der Waals surface area contributed by atoms with Crippen LogP contribution in [0.2, 0.25) is 5.02 Å². The van der Waals surface area contributed by atoms with Crippen molar-refractivity contribution in [3.63, 3.8) is 0 Å². The van der Waals surface area contributed by atoms with Crippen molar-refractivity contribution in [3.05, 3.63) is 58.6 Å². The number of methoxy groups -OCH3 is 1. The Labute approximate surface area is 149 Å². The normalized spacial score (nSPS) is 10.5. The number of hydrogen-bond acceptors (Lipinski definition) is 5. The molecule has 0 saturated heterocycles. The van der Waals surface area contributed by atoms with Crippen molar-refractivity contribution in [1.29, 1.82) is 0 Å². The number of phenols is 1. The van der Waals surface area contributed by atoms with Crippen LogP contribution in [0.3, 0.4) is 0 Å². The fourth-order valence-corrected chi connectivity index (χ4v) is 2.12. The lowest BCUT2D eigenvalue weighted by Gasteiger charge is -2.06. The van der Waals surface area contributed by atoms with Gasteiger partial charge in [0.25, 0.3) is 11.8 Å². The van der Waals surface area contributed by atoms with Gasteiger partial charge >= 0.3 is 0 Å². The van der Waals surface area contributed by atoms with E-state index < -0.39 is 11.8 Å². The number of nitrogens with one attached hydrogen (secondary N) is 2. The molecule has 0 aliphatic heterocycles. The summed E-state index contributed by atoms with van der Waals surface area (Å²) in [6.45, 7) is -0.250. The van der Waals surface area contributed by atoms with Crippen LogP contribution < -0.4 is 15.5 Å². The largest absolute Gasteiger partial charge is 0.504 e. The van der Waals surface area contributed by atoms with Gasteiger partial charge in [-0.25, -0.2) is 5.43 Å². The van der Waals surface area contributed by atoms with Gasteiger partial charge in [-0.05, 0) is 35.9 Å². The molecule has 0 heterocycles. The molecule has 0 saturated carbocycles. The molecule has 2 rings (SSSR count). The molecule has 0 atom stereocenters. The molecule has 0 bridgehead atoms. The first-order valence-electron chi connectivity index (χ1n) is 7.23. The number of hydrazone groups is 1. The summed E-state index contributed by atoms with van der Waals surface area (Å²) in [5.41, 5.74) is 3.19. The lowest BCUT2D eigenvalue weighted by atomic mass is 10.2. The van der Waals surface area contributed by atoms with E-state index in [9.17, 15) is 14.7 Å². The Morgan fingerprint density at radius 3 is 2.76 bits per heavy atom. The lowest BCUT2D eigenvalue weighted by molar-refractivity contribution is -0.120. The van der Waals surface area contributed by atoms with Crippen LogP contribution in [0, 0.1) is 0 Å². The number of carbonyl (C=O) groups is 2. The summed E-state index contributed by atoms with van der Waals surface area (Å²) in [6.07, 6.45) is 1.38. The molecular formula is C17H16ClN3O4. The molecule has 0 aliphatic carbocycles. The third-order valence-electron chi connectivity index (χ3n) is 3.13. The molecule has 130 valence electrons. The standard InChI is InChI=1S/C17H16ClN3O4/c1-25-15-8-11(6-7-14(15)22)9-20-21-16(23)10-19-17(24)12-4-2-3-5-13(12)18/h2-9,22H,10H2,1H3,(H,19,24)(H,21,23)/b20-9-. The molecule has 0 spiro atoms. The van der Waals surface area contributed by atoms with E-state index in [0.29, 0.717) is 16.3 Å². The number of rotatable bonds is 6. The number of nitrogens with zero attached hydrogens (tertiary/aromatic N) is 1. The van der Waals surface area contributed by atoms with Gasteiger partial charge in [-0.15, -0.1) is 0 Å². The van der Waals surface area contributed by atoms with Crippen LogP contribution in [-0.2, 0) is 4.79 Å². The fourth-order valence-electron chi connectivity index (χ4n) is 1.89. The van der Waals surface area contributed by atoms with Crippen LogP contribution >= 0.6 is 11.6 Å². The van der Waals surface area contributed by atoms with E-state index in [0.717, 1.165) is 0 Å². The zero-order chi connectivity index (χ0) is 18.2. The molecule has 0 aliphatic rings. The maximum Gasteiger partial charge on any atom is 0.259 e. The van der Waals surface area contributed by atoms with Gasteiger partial charge in [-0.1, -0.05) is 23.7 Å². The molecule has 0 unspecified atom stereocenters. The minimum atomic E-state index is -0.498. The van der Waals surface area contributed by atoms with Crippen molar-refractivity contribution in [1.82, 2.24) is 10.7 Å². The van der Waals surface area contributed by atoms with Crippen LogP contribution in [0.1, 0.15) is 15.9 Å². The Kier molecular flexibility index (Phi) is 6.36. The van der Waals surface area contributed by atoms with E-state index in [1.165, 1.54) is 19.4 Å². The molecule has 2 amide bonds. The molecule has 0 aromatic heterocycles. The third kappa shape index (κ3) is 5.22. The van der Waals surface area contributed by atoms with E-state index >= 15 is 0 Å². The van der Waals surface area contributed by atoms with Gasteiger partial charge in [0.15, 0.2) is 11.5 Å². The number of hydrogen-bond donors (Lipinski definition) is 3. The Balaban J connectivity index is 1.84. The van der Waals surface area contributed by atoms with Gasteiger partial charge in [0.1, 0.15) is 0 Å². The number of phenolic OH excluding ortho intramolecular Hbond substituents is 1. The predicted octanol–water partition coefficient (Wildman–Crippen LogP) is 1.93. The van der Waals surface area contributed by atoms with Gasteiger partial charge in [-0.2, -0.15) is 5.10 Å². The summed E-state index contributed by atoms with van der Waals surface area (Å²) in [5, 5.41) is 16.0. The van der Waals surface area contributed by atoms with E-state index in [4.69, 9.17) is 16.3 Å². The average Bonchev–Trinajstić information content (AvgIpc) is 2.61. The van der Waals surface area contributed by atoms with Crippen LogP contribution in [0.15, 0.2) is 47.6 Å². The van der Waals surface area contributed by atoms with Gasteiger partial charge in [0.2, 0.25) is 0 Å². The van der Waals surface area contributed by atoms with Crippen LogP contribution in [0.4, 0.5) is 0 Å². The van der Waals surface area contributed by atoms with Crippen LogP contribution in [0.5, 0.6) is 11.5 Å². The fraction of sp³-hybridized carbons (Fsp3) is 0.118. The second kappa shape index (κ2) is 8.70. The molecule has 3 N–H and O–H groups in total. The van der Waals surface area contributed by atoms with Crippen LogP contribution in [-0.4, -0.2) is 36.8 Å². The summed E-state index contributed by atoms with van der Waals surface area (Å²) in [4.78, 5) is 23.6. The Morgan fingerprint density at radius 2 is 2.04 bits per heavy atom. The van der Waals surface area contributed by atoms with Crippen LogP contribution in [0.25, 0.3) is 0 Å². The SMILES string of the molecule is COc1cc(/C=N\NC(=O)CNC(=O)c2ccccc2Cl)ccc1O. The molecule has 8 heteroatoms. The van der Waals surface area contributed by atoms with E-state index in [1.54, 1.807) is 36.4 Å². The third-order valence-corrected chi connectivity index (χ3v) is 3.46. The first kappa shape index (κ1) is 18.3. The minimum Gasteiger partial charge on any atom is -0.504 e. The first-order chi connectivity index (χ1) is 12.0. The summed E-state index contributed by atoms with van der Waals surface area (Å²) in [6, 6.07) is 11.2. The lowest BCUT2D eigenvalue weighted by Crippen LogP contribution is -2.35. The number of aromatic hydroxyl groups is 1. The molecule has 2 aromatic rings. The van der Waals surface area contributed by atoms with Crippen molar-refractivity contribution in [3.8, 4) is 11.5 Å². The van der Waals surface area contributed by atoms with E-state index in [1.807, 2.05) is 0 Å². The number of carbonyl (C=O) groups excluding carboxylic acids is 2. The molecule has 0 radical (unpaired) electrons. The molecule has 25 heavy (non-hydrogen) atoms. The Bertz CT molecular complexity index is 808. The molecular weight excluding hydrogens is 346 g/mol. The second-order valence-electron chi connectivity index (χ2n) is 4.89. The highest BCUT2D eigenvalue weighted by Crippen LogP contribution is 2.25. The number of benzene rings is 2.